The number of halogens is 1. The van der Waals surface area contributed by atoms with Gasteiger partial charge in [0.25, 0.3) is 5.91 Å². The molecule has 0 aliphatic carbocycles. The minimum atomic E-state index is -1.21. The van der Waals surface area contributed by atoms with Crippen molar-refractivity contribution in [2.24, 2.45) is 0 Å². The van der Waals surface area contributed by atoms with Crippen LogP contribution in [0, 0.1) is 6.92 Å². The summed E-state index contributed by atoms with van der Waals surface area (Å²) >= 11 is 6.31. The number of hydrogen-bond donors (Lipinski definition) is 2. The Balaban J connectivity index is 1.81. The second-order valence-corrected chi connectivity index (χ2v) is 9.31. The summed E-state index contributed by atoms with van der Waals surface area (Å²) in [6.07, 6.45) is 4.74. The van der Waals surface area contributed by atoms with Gasteiger partial charge in [0.2, 0.25) is 5.95 Å². The summed E-state index contributed by atoms with van der Waals surface area (Å²) in [6, 6.07) is 9.12. The third-order valence-electron chi connectivity index (χ3n) is 4.88. The summed E-state index contributed by atoms with van der Waals surface area (Å²) in [5.74, 6) is 1.27. The number of amides is 1. The Hall–Kier alpha value is -3.24. The molecule has 1 amide bonds. The molecule has 33 heavy (non-hydrogen) atoms. The smallest absolute Gasteiger partial charge is 0.253 e. The first kappa shape index (κ1) is 24.4. The maximum absolute atomic E-state index is 12.3. The van der Waals surface area contributed by atoms with Gasteiger partial charge in [0.1, 0.15) is 21.8 Å². The van der Waals surface area contributed by atoms with Gasteiger partial charge in [0.15, 0.2) is 5.82 Å². The zero-order chi connectivity index (χ0) is 24.1. The quantitative estimate of drug-likeness (QED) is 0.500. The molecule has 0 fully saturated rings. The number of aromatic nitrogens is 3. The molecule has 0 bridgehead atoms. The average molecular weight is 488 g/mol. The maximum Gasteiger partial charge on any atom is 0.253 e. The molecular formula is C22H26ClN7O2S. The van der Waals surface area contributed by atoms with Crippen LogP contribution in [-0.4, -0.2) is 57.4 Å². The largest absolute Gasteiger partial charge is 0.364 e. The van der Waals surface area contributed by atoms with Crippen molar-refractivity contribution in [3.8, 4) is 0 Å². The molecule has 3 rings (SSSR count). The first-order valence-corrected chi connectivity index (χ1v) is 11.9. The van der Waals surface area contributed by atoms with Crippen molar-refractivity contribution in [3.05, 3.63) is 64.4 Å². The van der Waals surface area contributed by atoms with E-state index in [-0.39, 0.29) is 5.91 Å². The Labute approximate surface area is 200 Å². The lowest BCUT2D eigenvalue weighted by atomic mass is 10.1. The molecule has 0 aliphatic heterocycles. The molecule has 3 aromatic rings. The van der Waals surface area contributed by atoms with Crippen LogP contribution in [0.15, 0.2) is 42.7 Å². The number of carbonyl (C=O) groups is 1. The van der Waals surface area contributed by atoms with Crippen LogP contribution < -0.4 is 14.9 Å². The Kier molecular flexibility index (Phi) is 7.83. The van der Waals surface area contributed by atoms with Crippen LogP contribution in [0.1, 0.15) is 21.5 Å². The van der Waals surface area contributed by atoms with E-state index in [4.69, 9.17) is 11.6 Å². The van der Waals surface area contributed by atoms with Gasteiger partial charge in [0.05, 0.1) is 6.20 Å². The number of nitrogens with one attached hydrogen (secondary N) is 2. The molecule has 2 heterocycles. The van der Waals surface area contributed by atoms with Crippen LogP contribution in [0.5, 0.6) is 0 Å². The lowest BCUT2D eigenvalue weighted by Crippen LogP contribution is -2.22. The lowest BCUT2D eigenvalue weighted by Gasteiger charge is -2.18. The molecule has 174 valence electrons. The SMILES string of the molecule is Cc1ccc(C(=O)N(C)C)cc1Nc1ncc(Cl)c(NCc2cccnc2N(C)S(C)=O)n1. The first-order chi connectivity index (χ1) is 15.7. The van der Waals surface area contributed by atoms with Crippen molar-refractivity contribution in [2.45, 2.75) is 13.5 Å². The maximum atomic E-state index is 12.3. The summed E-state index contributed by atoms with van der Waals surface area (Å²) in [6.45, 7) is 2.30. The lowest BCUT2D eigenvalue weighted by molar-refractivity contribution is 0.0827. The molecule has 0 spiro atoms. The van der Waals surface area contributed by atoms with E-state index in [1.807, 2.05) is 25.1 Å². The molecule has 0 radical (unpaired) electrons. The van der Waals surface area contributed by atoms with E-state index in [9.17, 15) is 9.00 Å². The molecule has 0 saturated heterocycles. The summed E-state index contributed by atoms with van der Waals surface area (Å²) in [5, 5.41) is 6.72. The van der Waals surface area contributed by atoms with E-state index in [0.717, 1.165) is 16.8 Å². The average Bonchev–Trinajstić information content (AvgIpc) is 2.79. The third kappa shape index (κ3) is 5.96. The second kappa shape index (κ2) is 10.6. The fourth-order valence-electron chi connectivity index (χ4n) is 2.97. The summed E-state index contributed by atoms with van der Waals surface area (Å²) < 4.78 is 13.5. The number of pyridine rings is 1. The van der Waals surface area contributed by atoms with Crippen LogP contribution in [0.3, 0.4) is 0 Å². The van der Waals surface area contributed by atoms with E-state index in [1.165, 1.54) is 11.1 Å². The fraction of sp³-hybridized carbons (Fsp3) is 0.273. The van der Waals surface area contributed by atoms with Gasteiger partial charge in [-0.2, -0.15) is 4.98 Å². The summed E-state index contributed by atoms with van der Waals surface area (Å²) in [5.41, 5.74) is 3.05. The second-order valence-electron chi connectivity index (χ2n) is 7.51. The summed E-state index contributed by atoms with van der Waals surface area (Å²) in [4.78, 5) is 26.9. The Morgan fingerprint density at radius 2 is 1.94 bits per heavy atom. The molecule has 2 N–H and O–H groups in total. The van der Waals surface area contributed by atoms with E-state index >= 15 is 0 Å². The normalized spacial score (nSPS) is 11.6. The zero-order valence-electron chi connectivity index (χ0n) is 19.1. The van der Waals surface area contributed by atoms with Crippen molar-refractivity contribution < 1.29 is 9.00 Å². The van der Waals surface area contributed by atoms with Crippen molar-refractivity contribution in [1.82, 2.24) is 19.9 Å². The minimum absolute atomic E-state index is 0.0947. The Bertz CT molecular complexity index is 1190. The molecule has 9 nitrogen and oxygen atoms in total. The van der Waals surface area contributed by atoms with Gasteiger partial charge in [-0.3, -0.25) is 9.10 Å². The van der Waals surface area contributed by atoms with Crippen LogP contribution in [-0.2, 0) is 17.5 Å². The van der Waals surface area contributed by atoms with Crippen molar-refractivity contribution in [1.29, 1.82) is 0 Å². The molecule has 1 atom stereocenters. The van der Waals surface area contributed by atoms with Gasteiger partial charge in [-0.05, 0) is 30.7 Å². The predicted molar refractivity (Wildman–Crippen MR) is 134 cm³/mol. The van der Waals surface area contributed by atoms with Crippen LogP contribution in [0.2, 0.25) is 5.02 Å². The summed E-state index contributed by atoms with van der Waals surface area (Å²) in [7, 11) is 3.93. The van der Waals surface area contributed by atoms with Crippen LogP contribution in [0.4, 0.5) is 23.3 Å². The molecule has 11 heteroatoms. The number of nitrogens with zero attached hydrogens (tertiary/aromatic N) is 5. The van der Waals surface area contributed by atoms with Crippen LogP contribution in [0.25, 0.3) is 0 Å². The Morgan fingerprint density at radius 1 is 1.18 bits per heavy atom. The molecule has 1 aromatic carbocycles. The number of rotatable bonds is 8. The predicted octanol–water partition coefficient (Wildman–Crippen LogP) is 3.62. The van der Waals surface area contributed by atoms with E-state index in [2.05, 4.69) is 25.6 Å². The number of anilines is 4. The Morgan fingerprint density at radius 3 is 2.64 bits per heavy atom. The standard InChI is InChI=1S/C22H26ClN7O2S/c1-14-8-9-15(21(31)29(2)3)11-18(14)27-22-26-13-17(23)19(28-22)25-12-16-7-6-10-24-20(16)30(4)33(5)32/h6-11,13H,12H2,1-5H3,(H2,25,26,27,28). The van der Waals surface area contributed by atoms with Crippen LogP contribution >= 0.6 is 11.6 Å². The van der Waals surface area contributed by atoms with Crippen molar-refractivity contribution in [3.63, 3.8) is 0 Å². The van der Waals surface area contributed by atoms with Crippen molar-refractivity contribution in [2.75, 3.05) is 42.3 Å². The highest BCUT2D eigenvalue weighted by Gasteiger charge is 2.14. The monoisotopic (exact) mass is 487 g/mol. The number of hydrogen-bond acceptors (Lipinski definition) is 7. The van der Waals surface area contributed by atoms with Gasteiger partial charge in [-0.25, -0.2) is 14.2 Å². The zero-order valence-corrected chi connectivity index (χ0v) is 20.7. The highest BCUT2D eigenvalue weighted by Crippen LogP contribution is 2.25. The number of carbonyl (C=O) groups excluding carboxylic acids is 1. The first-order valence-electron chi connectivity index (χ1n) is 10.0. The van der Waals surface area contributed by atoms with E-state index < -0.39 is 11.0 Å². The molecule has 0 saturated carbocycles. The molecular weight excluding hydrogens is 462 g/mol. The van der Waals surface area contributed by atoms with Gasteiger partial charge in [-0.15, -0.1) is 0 Å². The van der Waals surface area contributed by atoms with E-state index in [0.29, 0.717) is 34.7 Å². The highest BCUT2D eigenvalue weighted by molar-refractivity contribution is 7.85. The van der Waals surface area contributed by atoms with E-state index in [1.54, 1.807) is 50.0 Å². The highest BCUT2D eigenvalue weighted by atomic mass is 35.5. The minimum Gasteiger partial charge on any atom is -0.364 e. The molecule has 2 aromatic heterocycles. The van der Waals surface area contributed by atoms with Gasteiger partial charge in [-0.1, -0.05) is 23.7 Å². The van der Waals surface area contributed by atoms with Gasteiger partial charge >= 0.3 is 0 Å². The molecule has 1 unspecified atom stereocenters. The number of benzene rings is 1. The fourth-order valence-corrected chi connectivity index (χ4v) is 3.54. The molecule has 0 aliphatic rings. The van der Waals surface area contributed by atoms with Gasteiger partial charge in [0, 0.05) is 57.0 Å². The third-order valence-corrected chi connectivity index (χ3v) is 6.10. The topological polar surface area (TPSA) is 103 Å². The van der Waals surface area contributed by atoms with Crippen molar-refractivity contribution >= 4 is 51.8 Å². The number of aryl methyl sites for hydroxylation is 1. The van der Waals surface area contributed by atoms with Gasteiger partial charge < -0.3 is 15.5 Å².